The van der Waals surface area contributed by atoms with E-state index in [1.807, 2.05) is 0 Å². The lowest BCUT2D eigenvalue weighted by atomic mass is 9.86. The fraction of sp³-hybridized carbons (Fsp3) is 0.600. The summed E-state index contributed by atoms with van der Waals surface area (Å²) < 4.78 is 0. The minimum Gasteiger partial charge on any atom is -0.330 e. The fourth-order valence-electron chi connectivity index (χ4n) is 3.14. The number of hydrogen-bond acceptors (Lipinski definition) is 2. The van der Waals surface area contributed by atoms with Crippen molar-refractivity contribution in [2.75, 3.05) is 19.6 Å². The predicted octanol–water partition coefficient (Wildman–Crippen LogP) is 2.05. The van der Waals surface area contributed by atoms with Gasteiger partial charge < -0.3 is 5.73 Å². The Morgan fingerprint density at radius 1 is 1.35 bits per heavy atom. The molecule has 3 rings (SSSR count). The monoisotopic (exact) mass is 230 g/mol. The van der Waals surface area contributed by atoms with E-state index in [1.165, 1.54) is 25.8 Å². The third-order valence-corrected chi connectivity index (χ3v) is 4.61. The normalized spacial score (nSPS) is 22.2. The van der Waals surface area contributed by atoms with Crippen LogP contribution in [0, 0.1) is 0 Å². The van der Waals surface area contributed by atoms with Crippen molar-refractivity contribution in [3.05, 3.63) is 34.9 Å². The average molecular weight is 230 g/mol. The van der Waals surface area contributed by atoms with Gasteiger partial charge in [-0.1, -0.05) is 25.1 Å². The van der Waals surface area contributed by atoms with Crippen molar-refractivity contribution in [1.29, 1.82) is 0 Å². The number of fused-ring (bicyclic) bond motifs is 1. The molecule has 0 spiro atoms. The summed E-state index contributed by atoms with van der Waals surface area (Å²) in [6, 6.07) is 6.85. The molecule has 2 N–H and O–H groups in total. The lowest BCUT2D eigenvalue weighted by Gasteiger charge is -2.31. The molecule has 1 aliphatic heterocycles. The maximum atomic E-state index is 5.99. The molecule has 0 aromatic heterocycles. The smallest absolute Gasteiger partial charge is 0.0239 e. The van der Waals surface area contributed by atoms with Crippen LogP contribution < -0.4 is 5.73 Å². The molecule has 0 saturated heterocycles. The van der Waals surface area contributed by atoms with Crippen LogP contribution in [0.2, 0.25) is 0 Å². The molecule has 17 heavy (non-hydrogen) atoms. The minimum atomic E-state index is 0.335. The number of hydrogen-bond donors (Lipinski definition) is 1. The van der Waals surface area contributed by atoms with E-state index in [0.29, 0.717) is 5.41 Å². The zero-order chi connectivity index (χ0) is 11.9. The van der Waals surface area contributed by atoms with E-state index in [4.69, 9.17) is 5.73 Å². The van der Waals surface area contributed by atoms with E-state index < -0.39 is 0 Å². The molecule has 1 aromatic carbocycles. The molecule has 0 radical (unpaired) electrons. The number of nitrogens with two attached hydrogens (primary N) is 1. The molecule has 0 amide bonds. The Bertz CT molecular complexity index is 421. The first-order valence-electron chi connectivity index (χ1n) is 6.83. The quantitative estimate of drug-likeness (QED) is 0.861. The number of likely N-dealkylation sites (N-methyl/N-ethyl adjacent to an activating group) is 1. The Hall–Kier alpha value is -0.860. The Kier molecular flexibility index (Phi) is 2.72. The lowest BCUT2D eigenvalue weighted by Crippen LogP contribution is -2.33. The highest BCUT2D eigenvalue weighted by Gasteiger charge is 2.44. The Labute approximate surface area is 104 Å². The highest BCUT2D eigenvalue weighted by Crippen LogP contribution is 2.49. The SMILES string of the molecule is CCN1CCc2cccc(C3(CN)CC3)c2C1. The lowest BCUT2D eigenvalue weighted by molar-refractivity contribution is 0.266. The predicted molar refractivity (Wildman–Crippen MR) is 71.1 cm³/mol. The fourth-order valence-corrected chi connectivity index (χ4v) is 3.14. The molecular formula is C15H22N2. The number of benzene rings is 1. The number of nitrogens with zero attached hydrogens (tertiary/aromatic N) is 1. The van der Waals surface area contributed by atoms with Crippen LogP contribution in [0.15, 0.2) is 18.2 Å². The summed E-state index contributed by atoms with van der Waals surface area (Å²) in [5.74, 6) is 0. The Morgan fingerprint density at radius 2 is 2.18 bits per heavy atom. The average Bonchev–Trinajstić information content (AvgIpc) is 3.18. The van der Waals surface area contributed by atoms with Gasteiger partial charge in [-0.15, -0.1) is 0 Å². The van der Waals surface area contributed by atoms with Crippen LogP contribution in [0.1, 0.15) is 36.5 Å². The molecule has 0 unspecified atom stereocenters. The van der Waals surface area contributed by atoms with E-state index in [1.54, 1.807) is 16.7 Å². The molecule has 0 bridgehead atoms. The highest BCUT2D eigenvalue weighted by molar-refractivity contribution is 5.44. The first-order chi connectivity index (χ1) is 8.29. The molecule has 1 aliphatic carbocycles. The van der Waals surface area contributed by atoms with Gasteiger partial charge in [0.1, 0.15) is 0 Å². The van der Waals surface area contributed by atoms with Crippen molar-refractivity contribution in [2.24, 2.45) is 5.73 Å². The van der Waals surface area contributed by atoms with Crippen LogP contribution in [0.5, 0.6) is 0 Å². The second kappa shape index (κ2) is 4.11. The Morgan fingerprint density at radius 3 is 2.82 bits per heavy atom. The number of rotatable bonds is 3. The van der Waals surface area contributed by atoms with Crippen molar-refractivity contribution in [2.45, 2.75) is 38.1 Å². The van der Waals surface area contributed by atoms with Crippen molar-refractivity contribution < 1.29 is 0 Å². The van der Waals surface area contributed by atoms with Crippen LogP contribution >= 0.6 is 0 Å². The summed E-state index contributed by atoms with van der Waals surface area (Å²) in [4.78, 5) is 2.54. The van der Waals surface area contributed by atoms with Gasteiger partial charge >= 0.3 is 0 Å². The second-order valence-electron chi connectivity index (χ2n) is 5.55. The van der Waals surface area contributed by atoms with Crippen molar-refractivity contribution in [3.63, 3.8) is 0 Å². The summed E-state index contributed by atoms with van der Waals surface area (Å²) in [6.45, 7) is 6.56. The molecule has 1 aromatic rings. The van der Waals surface area contributed by atoms with E-state index in [0.717, 1.165) is 19.6 Å². The van der Waals surface area contributed by atoms with E-state index in [-0.39, 0.29) is 0 Å². The highest BCUT2D eigenvalue weighted by atomic mass is 15.1. The summed E-state index contributed by atoms with van der Waals surface area (Å²) in [5, 5.41) is 0. The van der Waals surface area contributed by atoms with E-state index in [2.05, 4.69) is 30.0 Å². The van der Waals surface area contributed by atoms with E-state index >= 15 is 0 Å². The van der Waals surface area contributed by atoms with Crippen molar-refractivity contribution in [3.8, 4) is 0 Å². The van der Waals surface area contributed by atoms with Crippen LogP contribution in [0.25, 0.3) is 0 Å². The molecule has 1 heterocycles. The minimum absolute atomic E-state index is 0.335. The van der Waals surface area contributed by atoms with Crippen LogP contribution in [0.4, 0.5) is 0 Å². The van der Waals surface area contributed by atoms with Crippen LogP contribution in [-0.2, 0) is 18.4 Å². The van der Waals surface area contributed by atoms with Gasteiger partial charge in [-0.2, -0.15) is 0 Å². The third-order valence-electron chi connectivity index (χ3n) is 4.61. The van der Waals surface area contributed by atoms with Gasteiger partial charge in [0.2, 0.25) is 0 Å². The van der Waals surface area contributed by atoms with Gasteiger partial charge in [0.15, 0.2) is 0 Å². The van der Waals surface area contributed by atoms with Gasteiger partial charge in [-0.05, 0) is 42.5 Å². The van der Waals surface area contributed by atoms with Gasteiger partial charge in [0.25, 0.3) is 0 Å². The maximum Gasteiger partial charge on any atom is 0.0239 e. The summed E-state index contributed by atoms with van der Waals surface area (Å²) in [7, 11) is 0. The molecule has 2 nitrogen and oxygen atoms in total. The zero-order valence-electron chi connectivity index (χ0n) is 10.7. The summed E-state index contributed by atoms with van der Waals surface area (Å²) in [5.41, 5.74) is 11.0. The van der Waals surface area contributed by atoms with Gasteiger partial charge in [-0.25, -0.2) is 0 Å². The topological polar surface area (TPSA) is 29.3 Å². The van der Waals surface area contributed by atoms with E-state index in [9.17, 15) is 0 Å². The molecule has 0 atom stereocenters. The first kappa shape index (κ1) is 11.2. The summed E-state index contributed by atoms with van der Waals surface area (Å²) in [6.07, 6.45) is 3.77. The molecule has 2 heteroatoms. The molecular weight excluding hydrogens is 208 g/mol. The largest absolute Gasteiger partial charge is 0.330 e. The van der Waals surface area contributed by atoms with Crippen molar-refractivity contribution >= 4 is 0 Å². The summed E-state index contributed by atoms with van der Waals surface area (Å²) >= 11 is 0. The third kappa shape index (κ3) is 1.80. The molecule has 1 saturated carbocycles. The van der Waals surface area contributed by atoms with Crippen molar-refractivity contribution in [1.82, 2.24) is 4.90 Å². The maximum absolute atomic E-state index is 5.99. The van der Waals surface area contributed by atoms with Gasteiger partial charge in [0.05, 0.1) is 0 Å². The van der Waals surface area contributed by atoms with Crippen LogP contribution in [-0.4, -0.2) is 24.5 Å². The first-order valence-corrected chi connectivity index (χ1v) is 6.83. The second-order valence-corrected chi connectivity index (χ2v) is 5.55. The standard InChI is InChI=1S/C15H22N2/c1-2-17-9-6-12-4-3-5-14(13(12)10-17)15(11-16)7-8-15/h3-5H,2,6-11,16H2,1H3. The zero-order valence-corrected chi connectivity index (χ0v) is 10.7. The van der Waals surface area contributed by atoms with Crippen LogP contribution in [0.3, 0.4) is 0 Å². The molecule has 92 valence electrons. The molecule has 1 fully saturated rings. The van der Waals surface area contributed by atoms with Gasteiger partial charge in [0, 0.05) is 25.0 Å². The van der Waals surface area contributed by atoms with Gasteiger partial charge in [-0.3, -0.25) is 4.90 Å². The Balaban J connectivity index is 2.00. The molecule has 2 aliphatic rings.